The molecule has 1 aliphatic rings. The number of H-pyrrole nitrogens is 1. The largest absolute Gasteiger partial charge is 0.334 e. The number of carbonyl (C=O) groups excluding carboxylic acids is 1. The van der Waals surface area contributed by atoms with E-state index < -0.39 is 0 Å². The molecule has 106 valence electrons. The normalized spacial score (nSPS) is 18.7. The number of carbonyl (C=O) groups is 1. The summed E-state index contributed by atoms with van der Waals surface area (Å²) in [5.41, 5.74) is 3.08. The molecule has 1 unspecified atom stereocenters. The summed E-state index contributed by atoms with van der Waals surface area (Å²) in [6.45, 7) is 4.82. The van der Waals surface area contributed by atoms with Gasteiger partial charge < -0.3 is 4.90 Å². The Hall–Kier alpha value is -1.69. The van der Waals surface area contributed by atoms with Gasteiger partial charge in [0.05, 0.1) is 35.1 Å². The number of aryl methyl sites for hydroxylation is 2. The quantitative estimate of drug-likeness (QED) is 0.944. The third-order valence-electron chi connectivity index (χ3n) is 3.77. The number of rotatable bonds is 3. The van der Waals surface area contributed by atoms with Crippen LogP contribution < -0.4 is 0 Å². The zero-order chi connectivity index (χ0) is 14.1. The fourth-order valence-electron chi connectivity index (χ4n) is 2.80. The minimum atomic E-state index is 0.143. The topological polar surface area (TPSA) is 61.9 Å². The number of aromatic amines is 1. The monoisotopic (exact) mass is 290 g/mol. The van der Waals surface area contributed by atoms with Crippen molar-refractivity contribution >= 4 is 17.2 Å². The Morgan fingerprint density at radius 1 is 1.55 bits per heavy atom. The molecule has 1 aliphatic heterocycles. The van der Waals surface area contributed by atoms with E-state index in [9.17, 15) is 4.79 Å². The van der Waals surface area contributed by atoms with E-state index in [1.54, 1.807) is 11.3 Å². The number of hydrogen-bond donors (Lipinski definition) is 1. The second kappa shape index (κ2) is 5.36. The molecule has 0 aliphatic carbocycles. The van der Waals surface area contributed by atoms with Crippen molar-refractivity contribution in [2.75, 3.05) is 6.54 Å². The van der Waals surface area contributed by atoms with Crippen LogP contribution in [0.1, 0.15) is 40.8 Å². The van der Waals surface area contributed by atoms with Crippen molar-refractivity contribution in [1.29, 1.82) is 0 Å². The molecule has 3 rings (SSSR count). The van der Waals surface area contributed by atoms with Gasteiger partial charge in [0.15, 0.2) is 0 Å². The number of aromatic nitrogens is 3. The second-order valence-electron chi connectivity index (χ2n) is 5.25. The lowest BCUT2D eigenvalue weighted by molar-refractivity contribution is -0.131. The summed E-state index contributed by atoms with van der Waals surface area (Å²) >= 11 is 1.59. The molecule has 0 saturated carbocycles. The van der Waals surface area contributed by atoms with Crippen LogP contribution in [-0.2, 0) is 11.2 Å². The third kappa shape index (κ3) is 2.47. The van der Waals surface area contributed by atoms with Gasteiger partial charge in [-0.25, -0.2) is 4.98 Å². The number of nitrogens with zero attached hydrogens (tertiary/aromatic N) is 3. The fourth-order valence-corrected chi connectivity index (χ4v) is 3.42. The summed E-state index contributed by atoms with van der Waals surface area (Å²) < 4.78 is 0. The number of hydrogen-bond acceptors (Lipinski definition) is 4. The Labute approximate surface area is 122 Å². The Morgan fingerprint density at radius 3 is 3.05 bits per heavy atom. The Balaban J connectivity index is 1.75. The Morgan fingerprint density at radius 2 is 2.40 bits per heavy atom. The maximum atomic E-state index is 12.5. The molecule has 0 radical (unpaired) electrons. The Kier molecular flexibility index (Phi) is 3.56. The first kappa shape index (κ1) is 13.3. The van der Waals surface area contributed by atoms with E-state index >= 15 is 0 Å². The van der Waals surface area contributed by atoms with Crippen LogP contribution in [0.3, 0.4) is 0 Å². The predicted molar refractivity (Wildman–Crippen MR) is 77.6 cm³/mol. The highest BCUT2D eigenvalue weighted by molar-refractivity contribution is 7.09. The van der Waals surface area contributed by atoms with Crippen molar-refractivity contribution in [3.63, 3.8) is 0 Å². The van der Waals surface area contributed by atoms with Crippen LogP contribution in [0.15, 0.2) is 11.6 Å². The molecule has 1 atom stereocenters. The van der Waals surface area contributed by atoms with Gasteiger partial charge in [-0.1, -0.05) is 0 Å². The van der Waals surface area contributed by atoms with E-state index in [1.165, 1.54) is 0 Å². The van der Waals surface area contributed by atoms with Gasteiger partial charge in [-0.2, -0.15) is 5.10 Å². The van der Waals surface area contributed by atoms with E-state index in [-0.39, 0.29) is 11.9 Å². The predicted octanol–water partition coefficient (Wildman–Crippen LogP) is 2.39. The maximum Gasteiger partial charge on any atom is 0.229 e. The number of amides is 1. The van der Waals surface area contributed by atoms with Crippen LogP contribution in [0, 0.1) is 13.8 Å². The highest BCUT2D eigenvalue weighted by Gasteiger charge is 2.31. The first-order chi connectivity index (χ1) is 9.65. The van der Waals surface area contributed by atoms with Crippen molar-refractivity contribution in [1.82, 2.24) is 20.1 Å². The standard InChI is InChI=1S/C14H18N4OS/c1-9-7-15-17-14(9)12-4-3-5-18(12)13(19)6-11-8-20-10(2)16-11/h7-8,12H,3-6H2,1-2H3,(H,15,17). The molecule has 0 spiro atoms. The molecule has 2 aromatic heterocycles. The van der Waals surface area contributed by atoms with Crippen molar-refractivity contribution in [3.8, 4) is 0 Å². The summed E-state index contributed by atoms with van der Waals surface area (Å²) in [6, 6.07) is 0.143. The van der Waals surface area contributed by atoms with E-state index in [4.69, 9.17) is 0 Å². The van der Waals surface area contributed by atoms with Gasteiger partial charge in [-0.05, 0) is 32.3 Å². The summed E-state index contributed by atoms with van der Waals surface area (Å²) in [7, 11) is 0. The fraction of sp³-hybridized carbons (Fsp3) is 0.500. The minimum Gasteiger partial charge on any atom is -0.334 e. The first-order valence-corrected chi connectivity index (χ1v) is 7.73. The molecule has 2 aromatic rings. The van der Waals surface area contributed by atoms with Crippen molar-refractivity contribution < 1.29 is 4.79 Å². The van der Waals surface area contributed by atoms with Crippen LogP contribution in [0.4, 0.5) is 0 Å². The summed E-state index contributed by atoms with van der Waals surface area (Å²) in [5, 5.41) is 10.1. The molecule has 3 heterocycles. The minimum absolute atomic E-state index is 0.143. The first-order valence-electron chi connectivity index (χ1n) is 6.85. The van der Waals surface area contributed by atoms with Gasteiger partial charge >= 0.3 is 0 Å². The molecule has 5 nitrogen and oxygen atoms in total. The molecular weight excluding hydrogens is 272 g/mol. The molecule has 0 bridgehead atoms. The number of likely N-dealkylation sites (tertiary alicyclic amines) is 1. The van der Waals surface area contributed by atoms with Gasteiger partial charge in [0.25, 0.3) is 0 Å². The lowest BCUT2D eigenvalue weighted by atomic mass is 10.1. The zero-order valence-corrected chi connectivity index (χ0v) is 12.5. The molecule has 6 heteroatoms. The van der Waals surface area contributed by atoms with Gasteiger partial charge in [0.2, 0.25) is 5.91 Å². The highest BCUT2D eigenvalue weighted by atomic mass is 32.1. The van der Waals surface area contributed by atoms with Gasteiger partial charge in [-0.3, -0.25) is 9.89 Å². The van der Waals surface area contributed by atoms with Crippen LogP contribution in [0.5, 0.6) is 0 Å². The maximum absolute atomic E-state index is 12.5. The van der Waals surface area contributed by atoms with E-state index in [0.717, 1.165) is 41.3 Å². The van der Waals surface area contributed by atoms with Crippen LogP contribution in [0.25, 0.3) is 0 Å². The second-order valence-corrected chi connectivity index (χ2v) is 6.31. The molecule has 1 N–H and O–H groups in total. The molecule has 0 aromatic carbocycles. The number of nitrogens with one attached hydrogen (secondary N) is 1. The van der Waals surface area contributed by atoms with Crippen LogP contribution >= 0.6 is 11.3 Å². The average molecular weight is 290 g/mol. The lowest BCUT2D eigenvalue weighted by Gasteiger charge is -2.24. The van der Waals surface area contributed by atoms with Crippen LogP contribution in [-0.4, -0.2) is 32.5 Å². The van der Waals surface area contributed by atoms with Crippen molar-refractivity contribution in [3.05, 3.63) is 33.5 Å². The molecule has 1 saturated heterocycles. The zero-order valence-electron chi connectivity index (χ0n) is 11.7. The SMILES string of the molecule is Cc1nc(CC(=O)N2CCCC2c2[nH]ncc2C)cs1. The van der Waals surface area contributed by atoms with Crippen molar-refractivity contribution in [2.45, 2.75) is 39.2 Å². The van der Waals surface area contributed by atoms with Crippen LogP contribution in [0.2, 0.25) is 0 Å². The average Bonchev–Trinajstić information content (AvgIpc) is 3.10. The highest BCUT2D eigenvalue weighted by Crippen LogP contribution is 2.32. The van der Waals surface area contributed by atoms with E-state index in [0.29, 0.717) is 6.42 Å². The summed E-state index contributed by atoms with van der Waals surface area (Å²) in [4.78, 5) is 18.8. The van der Waals surface area contributed by atoms with E-state index in [2.05, 4.69) is 15.2 Å². The molecular formula is C14H18N4OS. The summed E-state index contributed by atoms with van der Waals surface area (Å²) in [6.07, 6.45) is 4.27. The molecule has 1 amide bonds. The lowest BCUT2D eigenvalue weighted by Crippen LogP contribution is -2.32. The smallest absolute Gasteiger partial charge is 0.229 e. The molecule has 1 fully saturated rings. The third-order valence-corrected chi connectivity index (χ3v) is 4.60. The molecule has 20 heavy (non-hydrogen) atoms. The summed E-state index contributed by atoms with van der Waals surface area (Å²) in [5.74, 6) is 0.159. The van der Waals surface area contributed by atoms with Crippen molar-refractivity contribution in [2.24, 2.45) is 0 Å². The van der Waals surface area contributed by atoms with Gasteiger partial charge in [-0.15, -0.1) is 11.3 Å². The number of thiazole rings is 1. The van der Waals surface area contributed by atoms with Gasteiger partial charge in [0, 0.05) is 11.9 Å². The van der Waals surface area contributed by atoms with E-state index in [1.807, 2.05) is 30.3 Å². The van der Waals surface area contributed by atoms with Gasteiger partial charge in [0.1, 0.15) is 0 Å². The Bertz CT molecular complexity index is 618.